The molecule has 2 rings (SSSR count). The van der Waals surface area contributed by atoms with Crippen LogP contribution in [0.15, 0.2) is 24.3 Å². The smallest absolute Gasteiger partial charge is 0.323 e. The zero-order chi connectivity index (χ0) is 14.8. The van der Waals surface area contributed by atoms with E-state index in [2.05, 4.69) is 38.2 Å². The molecule has 20 heavy (non-hydrogen) atoms. The summed E-state index contributed by atoms with van der Waals surface area (Å²) in [6, 6.07) is 7.90. The van der Waals surface area contributed by atoms with Crippen LogP contribution in [0.5, 0.6) is 5.75 Å². The number of benzene rings is 1. The predicted octanol–water partition coefficient (Wildman–Crippen LogP) is 2.27. The molecule has 0 spiro atoms. The van der Waals surface area contributed by atoms with Gasteiger partial charge in [0.05, 0.1) is 7.11 Å². The number of ether oxygens (including phenoxy) is 2. The van der Waals surface area contributed by atoms with Crippen LogP contribution in [0.2, 0.25) is 0 Å². The molecule has 1 saturated heterocycles. The van der Waals surface area contributed by atoms with Crippen LogP contribution in [0.25, 0.3) is 0 Å². The third-order valence-corrected chi connectivity index (χ3v) is 3.58. The van der Waals surface area contributed by atoms with E-state index in [1.54, 1.807) is 0 Å². The molecule has 0 saturated carbocycles. The van der Waals surface area contributed by atoms with Crippen molar-refractivity contribution in [3.8, 4) is 5.75 Å². The van der Waals surface area contributed by atoms with Gasteiger partial charge in [-0.05, 0) is 23.1 Å². The maximum atomic E-state index is 11.5. The lowest BCUT2D eigenvalue weighted by Crippen LogP contribution is -2.31. The van der Waals surface area contributed by atoms with Crippen LogP contribution in [0.3, 0.4) is 0 Å². The van der Waals surface area contributed by atoms with Crippen molar-refractivity contribution in [1.82, 2.24) is 5.32 Å². The summed E-state index contributed by atoms with van der Waals surface area (Å²) in [5.41, 5.74) is 1.34. The Morgan fingerprint density at radius 3 is 2.75 bits per heavy atom. The summed E-state index contributed by atoms with van der Waals surface area (Å²) in [7, 11) is 1.41. The summed E-state index contributed by atoms with van der Waals surface area (Å²) in [4.78, 5) is 11.5. The molecule has 0 aliphatic carbocycles. The van der Waals surface area contributed by atoms with Crippen molar-refractivity contribution in [2.24, 2.45) is 0 Å². The largest absolute Gasteiger partial charge is 0.489 e. The molecule has 1 aliphatic rings. The quantitative estimate of drug-likeness (QED) is 0.861. The Balaban J connectivity index is 2.00. The molecule has 1 aromatic carbocycles. The summed E-state index contributed by atoms with van der Waals surface area (Å²) in [6.07, 6.45) is 0.654. The van der Waals surface area contributed by atoms with E-state index in [4.69, 9.17) is 9.47 Å². The number of methoxy groups -OCH3 is 1. The van der Waals surface area contributed by atoms with E-state index in [0.29, 0.717) is 13.0 Å². The molecule has 1 aromatic rings. The molecule has 1 aliphatic heterocycles. The van der Waals surface area contributed by atoms with E-state index in [1.165, 1.54) is 12.7 Å². The van der Waals surface area contributed by atoms with Gasteiger partial charge in [0.1, 0.15) is 17.9 Å². The molecular formula is C16H23NO3. The zero-order valence-corrected chi connectivity index (χ0v) is 12.6. The summed E-state index contributed by atoms with van der Waals surface area (Å²) in [6.45, 7) is 7.20. The highest BCUT2D eigenvalue weighted by Crippen LogP contribution is 2.27. The highest BCUT2D eigenvalue weighted by atomic mass is 16.5. The van der Waals surface area contributed by atoms with Crippen molar-refractivity contribution in [3.05, 3.63) is 29.8 Å². The Morgan fingerprint density at radius 1 is 1.35 bits per heavy atom. The Bertz CT molecular complexity index is 479. The van der Waals surface area contributed by atoms with E-state index in [1.807, 2.05) is 12.1 Å². The number of hydrogen-bond donors (Lipinski definition) is 1. The molecular weight excluding hydrogens is 254 g/mol. The van der Waals surface area contributed by atoms with Gasteiger partial charge in [-0.25, -0.2) is 0 Å². The lowest BCUT2D eigenvalue weighted by atomic mass is 9.87. The van der Waals surface area contributed by atoms with Crippen molar-refractivity contribution >= 4 is 5.97 Å². The summed E-state index contributed by atoms with van der Waals surface area (Å²) in [5.74, 6) is 0.634. The number of carbonyl (C=O) groups excluding carboxylic acids is 1. The Labute approximate surface area is 120 Å². The standard InChI is InChI=1S/C16H23NO3/c1-16(2,3)11-6-5-7-12(8-11)20-13-9-14(17-10-13)15(18)19-4/h5-8,13-14,17H,9-10H2,1-4H3/t13-,14+/m1/s1. The molecule has 1 heterocycles. The second kappa shape index (κ2) is 5.83. The molecule has 0 radical (unpaired) electrons. The maximum absolute atomic E-state index is 11.5. The molecule has 1 fully saturated rings. The van der Waals surface area contributed by atoms with Gasteiger partial charge in [-0.1, -0.05) is 32.9 Å². The first-order valence-corrected chi connectivity index (χ1v) is 6.98. The normalized spacial score (nSPS) is 22.6. The van der Waals surface area contributed by atoms with Crippen LogP contribution in [0, 0.1) is 0 Å². The van der Waals surface area contributed by atoms with Gasteiger partial charge >= 0.3 is 5.97 Å². The Morgan fingerprint density at radius 2 is 2.10 bits per heavy atom. The molecule has 110 valence electrons. The number of carbonyl (C=O) groups is 1. The Hall–Kier alpha value is -1.55. The van der Waals surface area contributed by atoms with Gasteiger partial charge in [0, 0.05) is 13.0 Å². The molecule has 0 unspecified atom stereocenters. The van der Waals surface area contributed by atoms with Gasteiger partial charge < -0.3 is 14.8 Å². The second-order valence-electron chi connectivity index (χ2n) is 6.24. The molecule has 0 aromatic heterocycles. The number of esters is 1. The Kier molecular flexibility index (Phi) is 4.33. The minimum Gasteiger partial charge on any atom is -0.489 e. The molecule has 2 atom stereocenters. The van der Waals surface area contributed by atoms with Gasteiger partial charge in [0.25, 0.3) is 0 Å². The number of rotatable bonds is 3. The molecule has 4 heteroatoms. The monoisotopic (exact) mass is 277 g/mol. The van der Waals surface area contributed by atoms with Gasteiger partial charge in [-0.2, -0.15) is 0 Å². The highest BCUT2D eigenvalue weighted by Gasteiger charge is 2.31. The SMILES string of the molecule is COC(=O)[C@@H]1C[C@@H](Oc2cccc(C(C)(C)C)c2)CN1. The molecule has 1 N–H and O–H groups in total. The van der Waals surface area contributed by atoms with Gasteiger partial charge in [0.15, 0.2) is 0 Å². The van der Waals surface area contributed by atoms with Crippen LogP contribution in [-0.2, 0) is 14.9 Å². The maximum Gasteiger partial charge on any atom is 0.323 e. The van der Waals surface area contributed by atoms with Gasteiger partial charge in [-0.3, -0.25) is 4.79 Å². The molecule has 0 amide bonds. The summed E-state index contributed by atoms with van der Waals surface area (Å²) in [5, 5.41) is 3.12. The zero-order valence-electron chi connectivity index (χ0n) is 12.6. The van der Waals surface area contributed by atoms with E-state index in [0.717, 1.165) is 5.75 Å². The third-order valence-electron chi connectivity index (χ3n) is 3.58. The van der Waals surface area contributed by atoms with E-state index >= 15 is 0 Å². The van der Waals surface area contributed by atoms with Crippen LogP contribution in [0.4, 0.5) is 0 Å². The summed E-state index contributed by atoms with van der Waals surface area (Å²) < 4.78 is 10.7. The van der Waals surface area contributed by atoms with Crippen LogP contribution < -0.4 is 10.1 Å². The highest BCUT2D eigenvalue weighted by molar-refractivity contribution is 5.76. The van der Waals surface area contributed by atoms with E-state index in [9.17, 15) is 4.79 Å². The first kappa shape index (κ1) is 14.9. The molecule has 0 bridgehead atoms. The average molecular weight is 277 g/mol. The van der Waals surface area contributed by atoms with E-state index in [-0.39, 0.29) is 23.5 Å². The van der Waals surface area contributed by atoms with Gasteiger partial charge in [0.2, 0.25) is 0 Å². The predicted molar refractivity (Wildman–Crippen MR) is 78.0 cm³/mol. The minimum absolute atomic E-state index is 0.00863. The summed E-state index contributed by atoms with van der Waals surface area (Å²) >= 11 is 0. The van der Waals surface area contributed by atoms with E-state index < -0.39 is 0 Å². The average Bonchev–Trinajstić information content (AvgIpc) is 2.85. The van der Waals surface area contributed by atoms with Crippen molar-refractivity contribution in [1.29, 1.82) is 0 Å². The lowest BCUT2D eigenvalue weighted by molar-refractivity contribution is -0.142. The fourth-order valence-electron chi connectivity index (χ4n) is 2.34. The van der Waals surface area contributed by atoms with Crippen molar-refractivity contribution in [2.45, 2.75) is 44.8 Å². The van der Waals surface area contributed by atoms with Crippen molar-refractivity contribution in [3.63, 3.8) is 0 Å². The fourth-order valence-corrected chi connectivity index (χ4v) is 2.34. The van der Waals surface area contributed by atoms with Crippen LogP contribution >= 0.6 is 0 Å². The van der Waals surface area contributed by atoms with Crippen LogP contribution in [-0.4, -0.2) is 31.8 Å². The lowest BCUT2D eigenvalue weighted by Gasteiger charge is -2.21. The van der Waals surface area contributed by atoms with Gasteiger partial charge in [-0.15, -0.1) is 0 Å². The number of hydrogen-bond acceptors (Lipinski definition) is 4. The second-order valence-corrected chi connectivity index (χ2v) is 6.24. The number of nitrogens with one attached hydrogen (secondary N) is 1. The topological polar surface area (TPSA) is 47.6 Å². The third kappa shape index (κ3) is 3.51. The van der Waals surface area contributed by atoms with Crippen molar-refractivity contribution in [2.75, 3.05) is 13.7 Å². The minimum atomic E-state index is -0.254. The molecule has 4 nitrogen and oxygen atoms in total. The first-order chi connectivity index (χ1) is 9.40. The van der Waals surface area contributed by atoms with Crippen molar-refractivity contribution < 1.29 is 14.3 Å². The first-order valence-electron chi connectivity index (χ1n) is 6.98. The van der Waals surface area contributed by atoms with Crippen LogP contribution in [0.1, 0.15) is 32.8 Å². The fraction of sp³-hybridized carbons (Fsp3) is 0.562.